The molecule has 0 saturated heterocycles. The lowest BCUT2D eigenvalue weighted by atomic mass is 10.0. The number of nitrogens with one attached hydrogen (secondary N) is 2. The fourth-order valence-corrected chi connectivity index (χ4v) is 5.33. The lowest BCUT2D eigenvalue weighted by molar-refractivity contribution is 0.586. The number of aromatic amines is 1. The molecule has 3 nitrogen and oxygen atoms in total. The Morgan fingerprint density at radius 2 is 1.11 bits per heavy atom. The first-order valence-corrected chi connectivity index (χ1v) is 12.8. The average molecular weight is 478 g/mol. The summed E-state index contributed by atoms with van der Waals surface area (Å²) in [5, 5.41) is 9.66. The van der Waals surface area contributed by atoms with E-state index in [1.54, 1.807) is 0 Å². The van der Waals surface area contributed by atoms with Crippen LogP contribution in [0.1, 0.15) is 18.5 Å². The van der Waals surface area contributed by atoms with E-state index in [0.29, 0.717) is 0 Å². The van der Waals surface area contributed by atoms with Crippen LogP contribution in [0.2, 0.25) is 0 Å². The average Bonchev–Trinajstić information content (AvgIpc) is 3.33. The van der Waals surface area contributed by atoms with Crippen LogP contribution in [-0.4, -0.2) is 4.98 Å². The number of H-pyrrole nitrogens is 1. The van der Waals surface area contributed by atoms with Crippen molar-refractivity contribution < 1.29 is 0 Å². The number of benzene rings is 6. The third-order valence-electron chi connectivity index (χ3n) is 7.34. The highest BCUT2D eigenvalue weighted by molar-refractivity contribution is 6.07. The van der Waals surface area contributed by atoms with E-state index in [2.05, 4.69) is 150 Å². The largest absolute Gasteiger partial charge is 0.355 e. The van der Waals surface area contributed by atoms with Crippen molar-refractivity contribution in [3.8, 4) is 0 Å². The smallest absolute Gasteiger partial charge is 0.0584 e. The normalized spacial score (nSPS) is 12.5. The number of anilines is 2. The highest BCUT2D eigenvalue weighted by Gasteiger charge is 2.16. The highest BCUT2D eigenvalue weighted by Crippen LogP contribution is 2.32. The van der Waals surface area contributed by atoms with E-state index in [-0.39, 0.29) is 6.04 Å². The highest BCUT2D eigenvalue weighted by atomic mass is 15.5. The number of fused-ring (bicyclic) bond motifs is 5. The molecule has 0 aliphatic heterocycles. The fraction of sp³-hybridized carbons (Fsp3) is 0.0588. The topological polar surface area (TPSA) is 31.1 Å². The molecular weight excluding hydrogens is 450 g/mol. The lowest BCUT2D eigenvalue weighted by Gasteiger charge is -2.30. The molecular formula is C34H27N3. The third-order valence-corrected chi connectivity index (χ3v) is 7.34. The fourth-order valence-electron chi connectivity index (χ4n) is 5.33. The summed E-state index contributed by atoms with van der Waals surface area (Å²) in [4.78, 5) is 3.54. The molecule has 3 heteroatoms. The van der Waals surface area contributed by atoms with Gasteiger partial charge in [0.1, 0.15) is 0 Å². The van der Waals surface area contributed by atoms with E-state index < -0.39 is 0 Å². The summed E-state index contributed by atoms with van der Waals surface area (Å²) in [6.45, 7) is 2.23. The number of hydrazine groups is 1. The van der Waals surface area contributed by atoms with Gasteiger partial charge in [-0.25, -0.2) is 5.43 Å². The molecule has 2 N–H and O–H groups in total. The second-order valence-electron chi connectivity index (χ2n) is 9.72. The zero-order chi connectivity index (χ0) is 24.8. The van der Waals surface area contributed by atoms with Crippen LogP contribution in [0.25, 0.3) is 43.4 Å². The lowest BCUT2D eigenvalue weighted by Crippen LogP contribution is -2.36. The molecule has 1 heterocycles. The van der Waals surface area contributed by atoms with Crippen molar-refractivity contribution in [1.82, 2.24) is 10.4 Å². The first-order chi connectivity index (χ1) is 18.2. The quantitative estimate of drug-likeness (QED) is 0.242. The van der Waals surface area contributed by atoms with E-state index in [1.807, 2.05) is 0 Å². The molecule has 0 spiro atoms. The molecule has 0 bridgehead atoms. The molecule has 0 aliphatic rings. The number of aromatic nitrogens is 1. The van der Waals surface area contributed by atoms with Crippen molar-refractivity contribution in [1.29, 1.82) is 0 Å². The van der Waals surface area contributed by atoms with E-state index in [9.17, 15) is 0 Å². The summed E-state index contributed by atoms with van der Waals surface area (Å²) < 4.78 is 0. The first kappa shape index (κ1) is 21.7. The number of hydrogen-bond donors (Lipinski definition) is 2. The molecule has 1 unspecified atom stereocenters. The van der Waals surface area contributed by atoms with Crippen LogP contribution < -0.4 is 10.4 Å². The van der Waals surface area contributed by atoms with Gasteiger partial charge >= 0.3 is 0 Å². The summed E-state index contributed by atoms with van der Waals surface area (Å²) in [6.07, 6.45) is 0. The van der Waals surface area contributed by atoms with Gasteiger partial charge in [0, 0.05) is 27.8 Å². The van der Waals surface area contributed by atoms with Gasteiger partial charge in [0.05, 0.1) is 11.4 Å². The molecule has 178 valence electrons. The maximum atomic E-state index is 3.82. The summed E-state index contributed by atoms with van der Waals surface area (Å²) in [7, 11) is 0. The van der Waals surface area contributed by atoms with Crippen LogP contribution in [0.3, 0.4) is 0 Å². The number of rotatable bonds is 5. The van der Waals surface area contributed by atoms with E-state index >= 15 is 0 Å². The van der Waals surface area contributed by atoms with Gasteiger partial charge in [-0.1, -0.05) is 84.9 Å². The van der Waals surface area contributed by atoms with Crippen molar-refractivity contribution in [3.63, 3.8) is 0 Å². The van der Waals surface area contributed by atoms with Crippen LogP contribution >= 0.6 is 0 Å². The van der Waals surface area contributed by atoms with Crippen LogP contribution in [0, 0.1) is 0 Å². The Kier molecular flexibility index (Phi) is 5.16. The second-order valence-corrected chi connectivity index (χ2v) is 9.72. The summed E-state index contributed by atoms with van der Waals surface area (Å²) in [5.41, 5.74) is 9.61. The summed E-state index contributed by atoms with van der Waals surface area (Å²) in [5.74, 6) is 0. The standard InChI is InChI=1S/C34H27N3/c1-23(26-16-19-34-32(22-26)31-12-6-7-13-33(31)35-34)36-37(29-17-14-24-8-2-4-10-27(24)20-29)30-18-15-25-9-3-5-11-28(25)21-30/h2-23,35-36H,1H3. The van der Waals surface area contributed by atoms with Gasteiger partial charge in [0.2, 0.25) is 0 Å². The molecule has 6 aromatic carbocycles. The Hall–Kier alpha value is -4.60. The Morgan fingerprint density at radius 1 is 0.541 bits per heavy atom. The molecule has 1 atom stereocenters. The van der Waals surface area contributed by atoms with Gasteiger partial charge in [0.25, 0.3) is 0 Å². The predicted octanol–water partition coefficient (Wildman–Crippen LogP) is 9.03. The van der Waals surface area contributed by atoms with Gasteiger partial charge < -0.3 is 4.98 Å². The maximum Gasteiger partial charge on any atom is 0.0584 e. The second kappa shape index (κ2) is 8.81. The molecule has 7 rings (SSSR count). The minimum absolute atomic E-state index is 0.0796. The van der Waals surface area contributed by atoms with Crippen LogP contribution in [0.4, 0.5) is 11.4 Å². The molecule has 0 amide bonds. The third kappa shape index (κ3) is 3.90. The zero-order valence-corrected chi connectivity index (χ0v) is 20.6. The van der Waals surface area contributed by atoms with Gasteiger partial charge in [-0.3, -0.25) is 5.01 Å². The van der Waals surface area contributed by atoms with Gasteiger partial charge in [-0.15, -0.1) is 0 Å². The van der Waals surface area contributed by atoms with Crippen LogP contribution in [0.15, 0.2) is 127 Å². The molecule has 0 aliphatic carbocycles. The predicted molar refractivity (Wildman–Crippen MR) is 157 cm³/mol. The minimum atomic E-state index is 0.0796. The van der Waals surface area contributed by atoms with Crippen molar-refractivity contribution in [2.75, 3.05) is 5.01 Å². The van der Waals surface area contributed by atoms with Gasteiger partial charge in [0.15, 0.2) is 0 Å². The Morgan fingerprint density at radius 3 is 1.78 bits per heavy atom. The van der Waals surface area contributed by atoms with Crippen LogP contribution in [0.5, 0.6) is 0 Å². The molecule has 7 aromatic rings. The molecule has 0 saturated carbocycles. The molecule has 0 fully saturated rings. The van der Waals surface area contributed by atoms with E-state index in [4.69, 9.17) is 0 Å². The Labute approximate surface area is 215 Å². The van der Waals surface area contributed by atoms with E-state index in [1.165, 1.54) is 43.4 Å². The maximum absolute atomic E-state index is 3.82. The number of hydrogen-bond acceptors (Lipinski definition) is 2. The van der Waals surface area contributed by atoms with Crippen molar-refractivity contribution >= 4 is 54.7 Å². The monoisotopic (exact) mass is 477 g/mol. The SMILES string of the molecule is CC(NN(c1ccc2ccccc2c1)c1ccc2ccccc2c1)c1ccc2[nH]c3ccccc3c2c1. The van der Waals surface area contributed by atoms with Crippen molar-refractivity contribution in [2.45, 2.75) is 13.0 Å². The molecule has 37 heavy (non-hydrogen) atoms. The summed E-state index contributed by atoms with van der Waals surface area (Å²) in [6, 6.07) is 45.6. The molecule has 1 aromatic heterocycles. The number of para-hydroxylation sites is 1. The number of nitrogens with zero attached hydrogens (tertiary/aromatic N) is 1. The van der Waals surface area contributed by atoms with Gasteiger partial charge in [-0.05, 0) is 76.5 Å². The minimum Gasteiger partial charge on any atom is -0.355 e. The Bertz CT molecular complexity index is 1820. The molecule has 0 radical (unpaired) electrons. The summed E-state index contributed by atoms with van der Waals surface area (Å²) >= 11 is 0. The Balaban J connectivity index is 1.32. The van der Waals surface area contributed by atoms with E-state index in [0.717, 1.165) is 16.9 Å². The first-order valence-electron chi connectivity index (χ1n) is 12.8. The van der Waals surface area contributed by atoms with Crippen molar-refractivity contribution in [2.24, 2.45) is 0 Å². The van der Waals surface area contributed by atoms with Gasteiger partial charge in [-0.2, -0.15) is 0 Å². The zero-order valence-electron chi connectivity index (χ0n) is 20.6. The van der Waals surface area contributed by atoms with Crippen molar-refractivity contribution in [3.05, 3.63) is 133 Å². The van der Waals surface area contributed by atoms with Crippen LogP contribution in [-0.2, 0) is 0 Å².